The smallest absolute Gasteiger partial charge is 0.0438 e. The van der Waals surface area contributed by atoms with Crippen LogP contribution in [0, 0.1) is 0 Å². The van der Waals surface area contributed by atoms with Crippen molar-refractivity contribution < 1.29 is 0 Å². The standard InChI is InChI=1S/C15H21N/c1-3-7-13(8-4-1)15(11-12-15)16-14-9-5-2-6-10-14/h1,3-4,7-8,14,16H,2,5-6,9-12H2. The Kier molecular flexibility index (Phi) is 2.72. The highest BCUT2D eigenvalue weighted by molar-refractivity contribution is 5.30. The molecule has 16 heavy (non-hydrogen) atoms. The van der Waals surface area contributed by atoms with Gasteiger partial charge in [0.05, 0.1) is 0 Å². The molecule has 0 heterocycles. The Morgan fingerprint density at radius 1 is 0.938 bits per heavy atom. The number of nitrogens with one attached hydrogen (secondary N) is 1. The Morgan fingerprint density at radius 2 is 1.62 bits per heavy atom. The first-order valence-electron chi connectivity index (χ1n) is 6.72. The molecular formula is C15H21N. The van der Waals surface area contributed by atoms with Crippen LogP contribution in [0.3, 0.4) is 0 Å². The van der Waals surface area contributed by atoms with Crippen molar-refractivity contribution in [3.05, 3.63) is 35.9 Å². The third kappa shape index (κ3) is 2.01. The minimum Gasteiger partial charge on any atom is -0.305 e. The monoisotopic (exact) mass is 215 g/mol. The van der Waals surface area contributed by atoms with Crippen LogP contribution in [0.2, 0.25) is 0 Å². The molecule has 2 saturated carbocycles. The van der Waals surface area contributed by atoms with Crippen molar-refractivity contribution >= 4 is 0 Å². The van der Waals surface area contributed by atoms with Gasteiger partial charge in [0.25, 0.3) is 0 Å². The highest BCUT2D eigenvalue weighted by atomic mass is 15.1. The van der Waals surface area contributed by atoms with Gasteiger partial charge in [-0.05, 0) is 31.2 Å². The molecule has 1 aromatic carbocycles. The van der Waals surface area contributed by atoms with Crippen LogP contribution in [0.5, 0.6) is 0 Å². The van der Waals surface area contributed by atoms with Crippen molar-refractivity contribution in [1.82, 2.24) is 5.32 Å². The van der Waals surface area contributed by atoms with Gasteiger partial charge in [0, 0.05) is 11.6 Å². The molecule has 0 aliphatic heterocycles. The maximum Gasteiger partial charge on any atom is 0.0438 e. The summed E-state index contributed by atoms with van der Waals surface area (Å²) in [6, 6.07) is 11.8. The summed E-state index contributed by atoms with van der Waals surface area (Å²) < 4.78 is 0. The van der Waals surface area contributed by atoms with Gasteiger partial charge in [0.2, 0.25) is 0 Å². The fourth-order valence-corrected chi connectivity index (χ4v) is 3.04. The van der Waals surface area contributed by atoms with Gasteiger partial charge in [-0.3, -0.25) is 0 Å². The lowest BCUT2D eigenvalue weighted by atomic mass is 9.93. The van der Waals surface area contributed by atoms with E-state index in [4.69, 9.17) is 0 Å². The molecule has 1 nitrogen and oxygen atoms in total. The quantitative estimate of drug-likeness (QED) is 0.812. The maximum absolute atomic E-state index is 3.92. The third-order valence-corrected chi connectivity index (χ3v) is 4.16. The van der Waals surface area contributed by atoms with Gasteiger partial charge < -0.3 is 5.32 Å². The molecule has 1 aromatic rings. The van der Waals surface area contributed by atoms with E-state index in [1.54, 1.807) is 0 Å². The summed E-state index contributed by atoms with van der Waals surface area (Å²) in [6.07, 6.45) is 9.70. The van der Waals surface area contributed by atoms with Crippen LogP contribution in [-0.2, 0) is 5.54 Å². The highest BCUT2D eigenvalue weighted by Gasteiger charge is 2.45. The molecule has 0 saturated heterocycles. The minimum atomic E-state index is 0.350. The van der Waals surface area contributed by atoms with E-state index in [0.717, 1.165) is 6.04 Å². The molecule has 0 unspecified atom stereocenters. The zero-order chi connectivity index (χ0) is 10.8. The number of rotatable bonds is 3. The fraction of sp³-hybridized carbons (Fsp3) is 0.600. The summed E-state index contributed by atoms with van der Waals surface area (Å²) in [5.74, 6) is 0. The summed E-state index contributed by atoms with van der Waals surface area (Å²) in [7, 11) is 0. The van der Waals surface area contributed by atoms with E-state index in [-0.39, 0.29) is 0 Å². The zero-order valence-electron chi connectivity index (χ0n) is 9.91. The Morgan fingerprint density at radius 3 is 2.25 bits per heavy atom. The summed E-state index contributed by atoms with van der Waals surface area (Å²) in [5.41, 5.74) is 1.85. The van der Waals surface area contributed by atoms with Crippen LogP contribution in [0.1, 0.15) is 50.5 Å². The van der Waals surface area contributed by atoms with Gasteiger partial charge in [0.15, 0.2) is 0 Å². The summed E-state index contributed by atoms with van der Waals surface area (Å²) in [4.78, 5) is 0. The molecule has 0 bridgehead atoms. The lowest BCUT2D eigenvalue weighted by Crippen LogP contribution is -2.39. The van der Waals surface area contributed by atoms with Crippen LogP contribution in [0.25, 0.3) is 0 Å². The van der Waals surface area contributed by atoms with Crippen molar-refractivity contribution in [2.75, 3.05) is 0 Å². The van der Waals surface area contributed by atoms with E-state index < -0.39 is 0 Å². The van der Waals surface area contributed by atoms with E-state index in [1.165, 1.54) is 50.5 Å². The van der Waals surface area contributed by atoms with Gasteiger partial charge in [0.1, 0.15) is 0 Å². The molecule has 2 aliphatic rings. The average molecular weight is 215 g/mol. The zero-order valence-corrected chi connectivity index (χ0v) is 9.91. The molecule has 1 heteroatoms. The van der Waals surface area contributed by atoms with Crippen molar-refractivity contribution in [2.24, 2.45) is 0 Å². The molecule has 0 spiro atoms. The molecule has 2 fully saturated rings. The van der Waals surface area contributed by atoms with E-state index in [9.17, 15) is 0 Å². The topological polar surface area (TPSA) is 12.0 Å². The fourth-order valence-electron chi connectivity index (χ4n) is 3.04. The van der Waals surface area contributed by atoms with Gasteiger partial charge in [-0.1, -0.05) is 49.6 Å². The molecule has 2 aliphatic carbocycles. The Bertz CT molecular complexity index is 334. The van der Waals surface area contributed by atoms with Crippen LogP contribution >= 0.6 is 0 Å². The third-order valence-electron chi connectivity index (χ3n) is 4.16. The minimum absolute atomic E-state index is 0.350. The summed E-state index contributed by atoms with van der Waals surface area (Å²) in [5, 5.41) is 3.92. The van der Waals surface area contributed by atoms with Crippen molar-refractivity contribution in [3.8, 4) is 0 Å². The second-order valence-electron chi connectivity index (χ2n) is 5.43. The number of benzene rings is 1. The van der Waals surface area contributed by atoms with Gasteiger partial charge in [-0.15, -0.1) is 0 Å². The van der Waals surface area contributed by atoms with Gasteiger partial charge in [-0.2, -0.15) is 0 Å². The van der Waals surface area contributed by atoms with Gasteiger partial charge in [-0.25, -0.2) is 0 Å². The van der Waals surface area contributed by atoms with E-state index >= 15 is 0 Å². The molecule has 0 amide bonds. The molecule has 3 rings (SSSR count). The average Bonchev–Trinajstić information content (AvgIpc) is 3.13. The SMILES string of the molecule is c1ccc(C2(NC3CCCCC3)CC2)cc1. The van der Waals surface area contributed by atoms with Crippen LogP contribution in [-0.4, -0.2) is 6.04 Å². The summed E-state index contributed by atoms with van der Waals surface area (Å²) in [6.45, 7) is 0. The van der Waals surface area contributed by atoms with Crippen molar-refractivity contribution in [3.63, 3.8) is 0 Å². The first-order chi connectivity index (χ1) is 7.89. The number of hydrogen-bond donors (Lipinski definition) is 1. The molecule has 0 atom stereocenters. The van der Waals surface area contributed by atoms with Crippen LogP contribution in [0.15, 0.2) is 30.3 Å². The van der Waals surface area contributed by atoms with Crippen LogP contribution < -0.4 is 5.32 Å². The van der Waals surface area contributed by atoms with Crippen LogP contribution in [0.4, 0.5) is 0 Å². The number of hydrogen-bond acceptors (Lipinski definition) is 1. The Balaban J connectivity index is 1.69. The normalized spacial score (nSPS) is 24.2. The predicted octanol–water partition coefficient (Wildman–Crippen LogP) is 3.60. The molecule has 0 aromatic heterocycles. The first kappa shape index (κ1) is 10.3. The lowest BCUT2D eigenvalue weighted by molar-refractivity contribution is 0.328. The predicted molar refractivity (Wildman–Crippen MR) is 67.4 cm³/mol. The van der Waals surface area contributed by atoms with E-state index in [0.29, 0.717) is 5.54 Å². The summed E-state index contributed by atoms with van der Waals surface area (Å²) >= 11 is 0. The largest absolute Gasteiger partial charge is 0.305 e. The van der Waals surface area contributed by atoms with Crippen molar-refractivity contribution in [1.29, 1.82) is 0 Å². The Labute approximate surface area is 98.3 Å². The van der Waals surface area contributed by atoms with E-state index in [2.05, 4.69) is 35.6 Å². The molecular weight excluding hydrogens is 194 g/mol. The molecule has 86 valence electrons. The maximum atomic E-state index is 3.92. The van der Waals surface area contributed by atoms with Gasteiger partial charge >= 0.3 is 0 Å². The lowest BCUT2D eigenvalue weighted by Gasteiger charge is -2.29. The second kappa shape index (κ2) is 4.21. The van der Waals surface area contributed by atoms with Crippen molar-refractivity contribution in [2.45, 2.75) is 56.5 Å². The molecule has 1 N–H and O–H groups in total. The van der Waals surface area contributed by atoms with E-state index in [1.807, 2.05) is 0 Å². The molecule has 0 radical (unpaired) electrons. The second-order valence-corrected chi connectivity index (χ2v) is 5.43. The Hall–Kier alpha value is -0.820. The highest BCUT2D eigenvalue weighted by Crippen LogP contribution is 2.46. The first-order valence-corrected chi connectivity index (χ1v) is 6.72.